The van der Waals surface area contributed by atoms with Gasteiger partial charge in [-0.05, 0) is 54.6 Å². The Balaban J connectivity index is 1.43. The zero-order chi connectivity index (χ0) is 23.9. The smallest absolute Gasteiger partial charge is 0.337 e. The van der Waals surface area contributed by atoms with Gasteiger partial charge in [-0.15, -0.1) is 0 Å². The van der Waals surface area contributed by atoms with E-state index in [0.717, 1.165) is 21.8 Å². The lowest BCUT2D eigenvalue weighted by Crippen LogP contribution is -2.12. The number of aromatic nitrogens is 4. The van der Waals surface area contributed by atoms with Crippen LogP contribution in [0.1, 0.15) is 20.7 Å². The number of rotatable bonds is 3. The van der Waals surface area contributed by atoms with Gasteiger partial charge in [0.2, 0.25) is 0 Å². The molecule has 0 aliphatic carbocycles. The van der Waals surface area contributed by atoms with E-state index >= 15 is 0 Å². The second kappa shape index (κ2) is 8.11. The van der Waals surface area contributed by atoms with Crippen LogP contribution < -0.4 is 5.32 Å². The largest absolute Gasteiger partial charge is 0.465 e. The lowest BCUT2D eigenvalue weighted by molar-refractivity contribution is 0.0600. The van der Waals surface area contributed by atoms with E-state index in [2.05, 4.69) is 15.3 Å². The second-order valence-corrected chi connectivity index (χ2v) is 7.95. The number of methoxy groups -OCH3 is 1. The molecule has 0 radical (unpaired) electrons. The normalized spacial score (nSPS) is 11.2. The van der Waals surface area contributed by atoms with Gasteiger partial charge in [0, 0.05) is 34.4 Å². The summed E-state index contributed by atoms with van der Waals surface area (Å²) in [6, 6.07) is 19.4. The first-order valence-electron chi connectivity index (χ1n) is 10.8. The van der Waals surface area contributed by atoms with Crippen molar-refractivity contribution in [3.8, 4) is 0 Å². The van der Waals surface area contributed by atoms with Crippen LogP contribution in [-0.4, -0.2) is 38.9 Å². The molecule has 3 heterocycles. The van der Waals surface area contributed by atoms with Gasteiger partial charge >= 0.3 is 5.97 Å². The van der Waals surface area contributed by atoms with Crippen LogP contribution in [0.25, 0.3) is 43.9 Å². The first-order chi connectivity index (χ1) is 17.1. The van der Waals surface area contributed by atoms with Crippen molar-refractivity contribution in [1.82, 2.24) is 19.9 Å². The molecule has 0 aliphatic rings. The Morgan fingerprint density at radius 2 is 1.31 bits per heavy atom. The average molecular weight is 459 g/mol. The van der Waals surface area contributed by atoms with Crippen LogP contribution in [0.15, 0.2) is 79.1 Å². The number of ether oxygens (including phenoxy) is 1. The van der Waals surface area contributed by atoms with Crippen molar-refractivity contribution in [2.45, 2.75) is 0 Å². The van der Waals surface area contributed by atoms with Crippen molar-refractivity contribution in [3.05, 3.63) is 90.3 Å². The highest BCUT2D eigenvalue weighted by Gasteiger charge is 2.15. The van der Waals surface area contributed by atoms with Crippen LogP contribution in [-0.2, 0) is 4.74 Å². The number of benzene rings is 3. The number of hydrogen-bond acceptors (Lipinski definition) is 7. The minimum absolute atomic E-state index is 0.303. The molecule has 0 fully saturated rings. The van der Waals surface area contributed by atoms with E-state index in [1.165, 1.54) is 7.11 Å². The number of nitrogens with zero attached hydrogens (tertiary/aromatic N) is 4. The molecule has 1 amide bonds. The van der Waals surface area contributed by atoms with Crippen LogP contribution in [0.5, 0.6) is 0 Å². The highest BCUT2D eigenvalue weighted by Crippen LogP contribution is 2.31. The summed E-state index contributed by atoms with van der Waals surface area (Å²) < 4.78 is 4.70. The molecular formula is C27H17N5O3. The molecule has 0 saturated heterocycles. The number of nitrogens with one attached hydrogen (secondary N) is 1. The molecule has 35 heavy (non-hydrogen) atoms. The lowest BCUT2D eigenvalue weighted by Gasteiger charge is -2.10. The van der Waals surface area contributed by atoms with Gasteiger partial charge in [-0.1, -0.05) is 12.1 Å². The van der Waals surface area contributed by atoms with Gasteiger partial charge in [-0.3, -0.25) is 14.8 Å². The van der Waals surface area contributed by atoms with Crippen molar-refractivity contribution in [1.29, 1.82) is 0 Å². The maximum atomic E-state index is 12.9. The van der Waals surface area contributed by atoms with Crippen LogP contribution >= 0.6 is 0 Å². The molecule has 168 valence electrons. The van der Waals surface area contributed by atoms with Gasteiger partial charge in [0.05, 0.1) is 34.7 Å². The van der Waals surface area contributed by atoms with Crippen molar-refractivity contribution in [2.75, 3.05) is 12.4 Å². The van der Waals surface area contributed by atoms with Gasteiger partial charge in [0.25, 0.3) is 5.91 Å². The third kappa shape index (κ3) is 3.48. The molecule has 0 spiro atoms. The van der Waals surface area contributed by atoms with Gasteiger partial charge < -0.3 is 10.1 Å². The Bertz CT molecular complexity index is 1800. The molecule has 0 atom stereocenters. The first-order valence-corrected chi connectivity index (χ1v) is 10.8. The molecule has 6 rings (SSSR count). The number of anilines is 1. The number of fused-ring (bicyclic) bond motifs is 7. The number of esters is 1. The van der Waals surface area contributed by atoms with Crippen LogP contribution in [0, 0.1) is 0 Å². The van der Waals surface area contributed by atoms with Crippen LogP contribution in [0.4, 0.5) is 5.69 Å². The highest BCUT2D eigenvalue weighted by atomic mass is 16.5. The third-order valence-electron chi connectivity index (χ3n) is 5.84. The lowest BCUT2D eigenvalue weighted by atomic mass is 10.1. The Hall–Kier alpha value is -4.98. The summed E-state index contributed by atoms with van der Waals surface area (Å²) in [6.45, 7) is 0. The maximum Gasteiger partial charge on any atom is 0.337 e. The summed E-state index contributed by atoms with van der Waals surface area (Å²) in [5, 5.41) is 4.75. The summed E-state index contributed by atoms with van der Waals surface area (Å²) in [4.78, 5) is 43.3. The molecule has 8 nitrogen and oxygen atoms in total. The van der Waals surface area contributed by atoms with E-state index in [9.17, 15) is 9.59 Å². The Morgan fingerprint density at radius 3 is 1.94 bits per heavy atom. The fourth-order valence-electron chi connectivity index (χ4n) is 4.16. The zero-order valence-corrected chi connectivity index (χ0v) is 18.5. The molecular weight excluding hydrogens is 442 g/mol. The molecule has 1 N–H and O–H groups in total. The van der Waals surface area contributed by atoms with E-state index in [0.29, 0.717) is 38.9 Å². The van der Waals surface area contributed by atoms with E-state index in [-0.39, 0.29) is 5.91 Å². The highest BCUT2D eigenvalue weighted by molar-refractivity contribution is 6.21. The van der Waals surface area contributed by atoms with Crippen molar-refractivity contribution in [3.63, 3.8) is 0 Å². The van der Waals surface area contributed by atoms with Crippen LogP contribution in [0.2, 0.25) is 0 Å². The molecule has 8 heteroatoms. The van der Waals surface area contributed by atoms with E-state index in [1.807, 2.05) is 24.3 Å². The minimum Gasteiger partial charge on any atom is -0.465 e. The molecule has 6 aromatic rings. The van der Waals surface area contributed by atoms with Gasteiger partial charge in [-0.25, -0.2) is 14.8 Å². The monoisotopic (exact) mass is 459 g/mol. The zero-order valence-electron chi connectivity index (χ0n) is 18.5. The molecule has 0 saturated carbocycles. The van der Waals surface area contributed by atoms with Gasteiger partial charge in [0.15, 0.2) is 0 Å². The number of amides is 1. The SMILES string of the molecule is COC(=O)c1ccc(NC(=O)c2ccc3nc4c5ncccc5c5cccnc5c4nc3c2)cc1. The number of pyridine rings is 2. The van der Waals surface area contributed by atoms with Crippen molar-refractivity contribution < 1.29 is 14.3 Å². The second-order valence-electron chi connectivity index (χ2n) is 7.95. The first kappa shape index (κ1) is 20.6. The van der Waals surface area contributed by atoms with E-state index in [1.54, 1.807) is 54.9 Å². The van der Waals surface area contributed by atoms with Gasteiger partial charge in [0.1, 0.15) is 11.0 Å². The topological polar surface area (TPSA) is 107 Å². The standard InChI is InChI=1S/C27H17N5O3/c1-35-27(34)15-6-9-17(10-7-15)30-26(33)16-8-11-20-21(14-16)32-25-23-19(5-3-13-29-23)18-4-2-12-28-22(18)24(25)31-20/h2-14H,1H3,(H,30,33). The van der Waals surface area contributed by atoms with E-state index in [4.69, 9.17) is 14.7 Å². The van der Waals surface area contributed by atoms with Crippen molar-refractivity contribution >= 4 is 61.4 Å². The maximum absolute atomic E-state index is 12.9. The van der Waals surface area contributed by atoms with E-state index < -0.39 is 5.97 Å². The fraction of sp³-hybridized carbons (Fsp3) is 0.0370. The predicted octanol–water partition coefficient (Wildman–Crippen LogP) is 4.92. The fourth-order valence-corrected chi connectivity index (χ4v) is 4.16. The molecule has 3 aromatic heterocycles. The van der Waals surface area contributed by atoms with Crippen molar-refractivity contribution in [2.24, 2.45) is 0 Å². The molecule has 0 aliphatic heterocycles. The number of carbonyl (C=O) groups excluding carboxylic acids is 2. The Morgan fingerprint density at radius 1 is 0.714 bits per heavy atom. The number of hydrogen-bond donors (Lipinski definition) is 1. The molecule has 0 bridgehead atoms. The number of carbonyl (C=O) groups is 2. The molecule has 0 unspecified atom stereocenters. The summed E-state index contributed by atoms with van der Waals surface area (Å²) >= 11 is 0. The van der Waals surface area contributed by atoms with Crippen LogP contribution in [0.3, 0.4) is 0 Å². The minimum atomic E-state index is -0.437. The summed E-state index contributed by atoms with van der Waals surface area (Å²) in [6.07, 6.45) is 3.46. The quantitative estimate of drug-likeness (QED) is 0.227. The summed E-state index contributed by atoms with van der Waals surface area (Å²) in [5.41, 5.74) is 5.41. The Labute approximate surface area is 198 Å². The summed E-state index contributed by atoms with van der Waals surface area (Å²) in [7, 11) is 1.32. The van der Waals surface area contributed by atoms with Gasteiger partial charge in [-0.2, -0.15) is 0 Å². The average Bonchev–Trinajstić information content (AvgIpc) is 2.92. The third-order valence-corrected chi connectivity index (χ3v) is 5.84. The predicted molar refractivity (Wildman–Crippen MR) is 133 cm³/mol. The summed E-state index contributed by atoms with van der Waals surface area (Å²) in [5.74, 6) is -0.740. The Kier molecular flexibility index (Phi) is 4.77. The molecule has 3 aromatic carbocycles.